The van der Waals surface area contributed by atoms with E-state index in [1.165, 1.54) is 36.0 Å². The molecule has 1 unspecified atom stereocenters. The van der Waals surface area contributed by atoms with Gasteiger partial charge in [0.25, 0.3) is 0 Å². The lowest BCUT2D eigenvalue weighted by Crippen LogP contribution is -2.29. The normalized spacial score (nSPS) is 11.9. The van der Waals surface area contributed by atoms with E-state index in [-0.39, 0.29) is 18.3 Å². The zero-order chi connectivity index (χ0) is 15.8. The molecular formula is C16H17FN2O2S. The molecule has 1 heterocycles. The Morgan fingerprint density at radius 2 is 2.09 bits per heavy atom. The molecule has 0 aliphatic carbocycles. The van der Waals surface area contributed by atoms with E-state index in [1.54, 1.807) is 12.4 Å². The number of hydrogen-bond acceptors (Lipinski definition) is 4. The minimum Gasteiger partial charge on any atom is -0.387 e. The molecule has 0 radical (unpaired) electrons. The summed E-state index contributed by atoms with van der Waals surface area (Å²) in [5, 5.41) is 12.6. The molecule has 22 heavy (non-hydrogen) atoms. The highest BCUT2D eigenvalue weighted by molar-refractivity contribution is 7.99. The first-order valence-electron chi connectivity index (χ1n) is 6.82. The van der Waals surface area contributed by atoms with Gasteiger partial charge in [-0.15, -0.1) is 11.8 Å². The van der Waals surface area contributed by atoms with Crippen molar-refractivity contribution in [2.75, 3.05) is 12.3 Å². The molecule has 1 aromatic carbocycles. The van der Waals surface area contributed by atoms with Gasteiger partial charge in [0.2, 0.25) is 5.91 Å². The van der Waals surface area contributed by atoms with Gasteiger partial charge in [-0.1, -0.05) is 18.2 Å². The molecular weight excluding hydrogens is 303 g/mol. The molecule has 1 aromatic heterocycles. The minimum atomic E-state index is -0.840. The Labute approximate surface area is 132 Å². The predicted octanol–water partition coefficient (Wildman–Crippen LogP) is 2.30. The van der Waals surface area contributed by atoms with Crippen molar-refractivity contribution in [1.82, 2.24) is 10.3 Å². The maximum atomic E-state index is 12.8. The maximum Gasteiger partial charge on any atom is 0.230 e. The van der Waals surface area contributed by atoms with Crippen LogP contribution in [0.15, 0.2) is 48.8 Å². The van der Waals surface area contributed by atoms with Gasteiger partial charge in [-0.2, -0.15) is 0 Å². The van der Waals surface area contributed by atoms with Gasteiger partial charge in [0, 0.05) is 24.7 Å². The number of nitrogens with zero attached hydrogens (tertiary/aromatic N) is 1. The smallest absolute Gasteiger partial charge is 0.230 e. The molecule has 6 heteroatoms. The van der Waals surface area contributed by atoms with Crippen LogP contribution in [0.3, 0.4) is 0 Å². The molecule has 0 saturated carbocycles. The molecule has 4 nitrogen and oxygen atoms in total. The van der Waals surface area contributed by atoms with Crippen LogP contribution in [0.2, 0.25) is 0 Å². The van der Waals surface area contributed by atoms with Crippen LogP contribution in [-0.4, -0.2) is 28.3 Å². The summed E-state index contributed by atoms with van der Waals surface area (Å²) in [5.41, 5.74) is 1.64. The second-order valence-electron chi connectivity index (χ2n) is 4.73. The monoisotopic (exact) mass is 320 g/mol. The number of carbonyl (C=O) groups excluding carboxylic acids is 1. The molecule has 0 saturated heterocycles. The van der Waals surface area contributed by atoms with Gasteiger partial charge in [0.05, 0.1) is 11.9 Å². The fraction of sp³-hybridized carbons (Fsp3) is 0.250. The number of carbonyl (C=O) groups is 1. The van der Waals surface area contributed by atoms with Crippen molar-refractivity contribution in [2.45, 2.75) is 11.9 Å². The summed E-state index contributed by atoms with van der Waals surface area (Å²) < 4.78 is 12.8. The molecule has 1 atom stereocenters. The summed E-state index contributed by atoms with van der Waals surface area (Å²) in [7, 11) is 0. The Morgan fingerprint density at radius 1 is 1.32 bits per heavy atom. The van der Waals surface area contributed by atoms with Crippen LogP contribution in [0.4, 0.5) is 4.39 Å². The summed E-state index contributed by atoms with van der Waals surface area (Å²) >= 11 is 1.48. The van der Waals surface area contributed by atoms with E-state index in [1.807, 2.05) is 12.1 Å². The van der Waals surface area contributed by atoms with Crippen LogP contribution in [-0.2, 0) is 10.5 Å². The van der Waals surface area contributed by atoms with Crippen LogP contribution < -0.4 is 5.32 Å². The summed E-state index contributed by atoms with van der Waals surface area (Å²) in [4.78, 5) is 15.7. The average molecular weight is 320 g/mol. The summed E-state index contributed by atoms with van der Waals surface area (Å²) in [6, 6.07) is 9.38. The number of halogens is 1. The van der Waals surface area contributed by atoms with Crippen LogP contribution >= 0.6 is 11.8 Å². The summed E-state index contributed by atoms with van der Waals surface area (Å²) in [5.74, 6) is 0.522. The van der Waals surface area contributed by atoms with Crippen molar-refractivity contribution in [1.29, 1.82) is 0 Å². The highest BCUT2D eigenvalue weighted by atomic mass is 32.2. The number of aliphatic hydroxyl groups excluding tert-OH is 1. The van der Waals surface area contributed by atoms with E-state index in [9.17, 15) is 14.3 Å². The number of pyridine rings is 1. The van der Waals surface area contributed by atoms with Gasteiger partial charge >= 0.3 is 0 Å². The molecule has 0 spiro atoms. The summed E-state index contributed by atoms with van der Waals surface area (Å²) in [6.07, 6.45) is 2.63. The molecule has 2 aromatic rings. The third-order valence-corrected chi connectivity index (χ3v) is 3.98. The van der Waals surface area contributed by atoms with Crippen molar-refractivity contribution in [3.8, 4) is 0 Å². The Morgan fingerprint density at radius 3 is 2.77 bits per heavy atom. The van der Waals surface area contributed by atoms with Crippen molar-refractivity contribution < 1.29 is 14.3 Å². The Bertz CT molecular complexity index is 593. The lowest BCUT2D eigenvalue weighted by atomic mass is 10.1. The molecule has 116 valence electrons. The first-order chi connectivity index (χ1) is 10.6. The lowest BCUT2D eigenvalue weighted by Gasteiger charge is -2.12. The van der Waals surface area contributed by atoms with Crippen molar-refractivity contribution in [3.63, 3.8) is 0 Å². The number of hydrogen-bond donors (Lipinski definition) is 2. The number of rotatable bonds is 7. The van der Waals surface area contributed by atoms with Crippen molar-refractivity contribution >= 4 is 17.7 Å². The maximum absolute atomic E-state index is 12.8. The van der Waals surface area contributed by atoms with Crippen molar-refractivity contribution in [3.05, 3.63) is 65.7 Å². The molecule has 0 aliphatic rings. The van der Waals surface area contributed by atoms with Crippen LogP contribution in [0, 0.1) is 5.82 Å². The third-order valence-electron chi connectivity index (χ3n) is 2.97. The van der Waals surface area contributed by atoms with Gasteiger partial charge in [0.15, 0.2) is 0 Å². The van der Waals surface area contributed by atoms with Gasteiger partial charge in [0.1, 0.15) is 5.82 Å². The zero-order valence-electron chi connectivity index (χ0n) is 11.9. The second-order valence-corrected chi connectivity index (χ2v) is 5.71. The molecule has 0 bridgehead atoms. The largest absolute Gasteiger partial charge is 0.387 e. The van der Waals surface area contributed by atoms with E-state index in [0.29, 0.717) is 17.1 Å². The van der Waals surface area contributed by atoms with E-state index in [4.69, 9.17) is 0 Å². The first-order valence-corrected chi connectivity index (χ1v) is 7.97. The van der Waals surface area contributed by atoms with Gasteiger partial charge in [-0.25, -0.2) is 4.39 Å². The van der Waals surface area contributed by atoms with Gasteiger partial charge in [-0.05, 0) is 29.3 Å². The number of benzene rings is 1. The average Bonchev–Trinajstić information content (AvgIpc) is 2.54. The molecule has 1 amide bonds. The van der Waals surface area contributed by atoms with Gasteiger partial charge in [-0.3, -0.25) is 9.78 Å². The SMILES string of the molecule is O=C(CSCc1cccnc1)NCC(O)c1ccc(F)cc1. The number of aliphatic hydroxyl groups is 1. The highest BCUT2D eigenvalue weighted by Gasteiger charge is 2.09. The topological polar surface area (TPSA) is 62.2 Å². The Kier molecular flexibility index (Phi) is 6.36. The van der Waals surface area contributed by atoms with Crippen molar-refractivity contribution in [2.24, 2.45) is 0 Å². The van der Waals surface area contributed by atoms with E-state index >= 15 is 0 Å². The highest BCUT2D eigenvalue weighted by Crippen LogP contribution is 2.13. The Balaban J connectivity index is 1.68. The van der Waals surface area contributed by atoms with E-state index in [0.717, 1.165) is 5.56 Å². The van der Waals surface area contributed by atoms with E-state index < -0.39 is 6.10 Å². The fourth-order valence-corrected chi connectivity index (χ4v) is 2.61. The van der Waals surface area contributed by atoms with Crippen LogP contribution in [0.25, 0.3) is 0 Å². The Hall–Kier alpha value is -1.92. The fourth-order valence-electron chi connectivity index (χ4n) is 1.81. The number of thioether (sulfide) groups is 1. The molecule has 0 aliphatic heterocycles. The minimum absolute atomic E-state index is 0.109. The van der Waals surface area contributed by atoms with E-state index in [2.05, 4.69) is 10.3 Å². The second kappa shape index (κ2) is 8.51. The van der Waals surface area contributed by atoms with Gasteiger partial charge < -0.3 is 10.4 Å². The lowest BCUT2D eigenvalue weighted by molar-refractivity contribution is -0.119. The first kappa shape index (κ1) is 16.5. The quantitative estimate of drug-likeness (QED) is 0.822. The predicted molar refractivity (Wildman–Crippen MR) is 84.8 cm³/mol. The van der Waals surface area contributed by atoms with Crippen LogP contribution in [0.5, 0.6) is 0 Å². The number of aromatic nitrogens is 1. The molecule has 0 fully saturated rings. The zero-order valence-corrected chi connectivity index (χ0v) is 12.7. The number of nitrogens with one attached hydrogen (secondary N) is 1. The molecule has 2 rings (SSSR count). The number of amides is 1. The molecule has 2 N–H and O–H groups in total. The third kappa shape index (κ3) is 5.46. The summed E-state index contributed by atoms with van der Waals surface area (Å²) in [6.45, 7) is 0.109. The van der Waals surface area contributed by atoms with Crippen LogP contribution in [0.1, 0.15) is 17.2 Å². The standard InChI is InChI=1S/C16H17FN2O2S/c17-14-5-3-13(4-6-14)15(20)9-19-16(21)11-22-10-12-2-1-7-18-8-12/h1-8,15,20H,9-11H2,(H,19,21).